The van der Waals surface area contributed by atoms with E-state index >= 15 is 0 Å². The van der Waals surface area contributed by atoms with Gasteiger partial charge in [0.25, 0.3) is 0 Å². The van der Waals surface area contributed by atoms with Crippen LogP contribution < -0.4 is 0 Å². The van der Waals surface area contributed by atoms with Gasteiger partial charge in [0.05, 0.1) is 16.8 Å². The molecule has 0 N–H and O–H groups in total. The van der Waals surface area contributed by atoms with Crippen molar-refractivity contribution in [1.82, 2.24) is 4.98 Å². The summed E-state index contributed by atoms with van der Waals surface area (Å²) < 4.78 is 18.6. The Kier molecular flexibility index (Phi) is 2.25. The molecule has 0 bridgehead atoms. The Morgan fingerprint density at radius 3 is 2.79 bits per heavy atom. The molecule has 0 radical (unpaired) electrons. The fourth-order valence-electron chi connectivity index (χ4n) is 1.21. The topological polar surface area (TPSA) is 26.0 Å². The van der Waals surface area contributed by atoms with Gasteiger partial charge in [-0.15, -0.1) is 0 Å². The molecule has 4 heteroatoms. The fraction of sp³-hybridized carbons (Fsp3) is 0.100. The second-order valence-corrected chi connectivity index (χ2v) is 3.25. The lowest BCUT2D eigenvalue weighted by molar-refractivity contribution is 0.528. The number of rotatable bonds is 1. The Morgan fingerprint density at radius 1 is 1.43 bits per heavy atom. The third-order valence-electron chi connectivity index (χ3n) is 1.83. The number of oxazole rings is 1. The molecule has 72 valence electrons. The first-order valence-electron chi connectivity index (χ1n) is 4.05. The van der Waals surface area contributed by atoms with Gasteiger partial charge in [-0.3, -0.25) is 0 Å². The molecule has 0 spiro atoms. The summed E-state index contributed by atoms with van der Waals surface area (Å²) in [5.74, 6) is 0.429. The van der Waals surface area contributed by atoms with Crippen molar-refractivity contribution in [2.45, 2.75) is 6.92 Å². The molecule has 0 aliphatic rings. The lowest BCUT2D eigenvalue weighted by Gasteiger charge is -2.00. The molecule has 1 heterocycles. The molecule has 2 aromatic rings. The molecule has 0 fully saturated rings. The molecule has 0 saturated carbocycles. The van der Waals surface area contributed by atoms with E-state index in [1.807, 2.05) is 0 Å². The van der Waals surface area contributed by atoms with Crippen LogP contribution in [0.25, 0.3) is 11.3 Å². The third kappa shape index (κ3) is 1.51. The monoisotopic (exact) mass is 211 g/mol. The number of nitrogens with zero attached hydrogens (tertiary/aromatic N) is 1. The predicted octanol–water partition coefficient (Wildman–Crippen LogP) is 3.44. The fourth-order valence-corrected chi connectivity index (χ4v) is 1.47. The first-order chi connectivity index (χ1) is 6.68. The highest BCUT2D eigenvalue weighted by Crippen LogP contribution is 2.30. The van der Waals surface area contributed by atoms with E-state index in [1.165, 1.54) is 12.3 Å². The van der Waals surface area contributed by atoms with Crippen LogP contribution in [-0.4, -0.2) is 4.98 Å². The Bertz CT molecular complexity index is 447. The Morgan fingerprint density at radius 2 is 2.21 bits per heavy atom. The maximum atomic E-state index is 13.4. The van der Waals surface area contributed by atoms with Crippen LogP contribution in [-0.2, 0) is 0 Å². The molecular weight excluding hydrogens is 205 g/mol. The van der Waals surface area contributed by atoms with Crippen LogP contribution in [0.2, 0.25) is 5.02 Å². The van der Waals surface area contributed by atoms with Crippen molar-refractivity contribution >= 4 is 11.6 Å². The van der Waals surface area contributed by atoms with E-state index in [0.29, 0.717) is 16.7 Å². The van der Waals surface area contributed by atoms with E-state index in [9.17, 15) is 4.39 Å². The third-order valence-corrected chi connectivity index (χ3v) is 2.15. The highest BCUT2D eigenvalue weighted by atomic mass is 35.5. The van der Waals surface area contributed by atoms with Crippen molar-refractivity contribution in [3.8, 4) is 11.3 Å². The van der Waals surface area contributed by atoms with Crippen molar-refractivity contribution in [1.29, 1.82) is 0 Å². The van der Waals surface area contributed by atoms with Crippen LogP contribution in [0.5, 0.6) is 0 Å². The minimum Gasteiger partial charge on any atom is -0.441 e. The lowest BCUT2D eigenvalue weighted by Crippen LogP contribution is -1.82. The van der Waals surface area contributed by atoms with Gasteiger partial charge in [-0.1, -0.05) is 17.7 Å². The molecule has 1 aromatic carbocycles. The summed E-state index contributed by atoms with van der Waals surface area (Å²) in [6.45, 7) is 1.69. The molecule has 1 aromatic heterocycles. The van der Waals surface area contributed by atoms with Gasteiger partial charge in [-0.2, -0.15) is 0 Å². The number of aryl methyl sites for hydroxylation is 1. The zero-order valence-electron chi connectivity index (χ0n) is 7.42. The maximum Gasteiger partial charge on any atom is 0.191 e. The molecule has 14 heavy (non-hydrogen) atoms. The maximum absolute atomic E-state index is 13.4. The van der Waals surface area contributed by atoms with Crippen molar-refractivity contribution in [3.63, 3.8) is 0 Å². The van der Waals surface area contributed by atoms with Gasteiger partial charge < -0.3 is 4.42 Å². The first-order valence-corrected chi connectivity index (χ1v) is 4.43. The normalized spacial score (nSPS) is 10.5. The van der Waals surface area contributed by atoms with Crippen LogP contribution in [0.4, 0.5) is 4.39 Å². The van der Waals surface area contributed by atoms with E-state index < -0.39 is 5.82 Å². The predicted molar refractivity (Wildman–Crippen MR) is 51.6 cm³/mol. The largest absolute Gasteiger partial charge is 0.441 e. The smallest absolute Gasteiger partial charge is 0.191 e. The first kappa shape index (κ1) is 9.21. The summed E-state index contributed by atoms with van der Waals surface area (Å²) in [5.41, 5.74) is 0.259. The van der Waals surface area contributed by atoms with Crippen LogP contribution in [0.1, 0.15) is 5.89 Å². The summed E-state index contributed by atoms with van der Waals surface area (Å²) >= 11 is 5.85. The van der Waals surface area contributed by atoms with Gasteiger partial charge in [0.2, 0.25) is 0 Å². The minimum atomic E-state index is -0.409. The highest BCUT2D eigenvalue weighted by Gasteiger charge is 2.12. The molecule has 0 unspecified atom stereocenters. The lowest BCUT2D eigenvalue weighted by atomic mass is 10.2. The van der Waals surface area contributed by atoms with E-state index in [1.54, 1.807) is 19.1 Å². The summed E-state index contributed by atoms with van der Waals surface area (Å²) in [7, 11) is 0. The average Bonchev–Trinajstić information content (AvgIpc) is 2.51. The summed E-state index contributed by atoms with van der Waals surface area (Å²) in [6, 6.07) is 4.49. The van der Waals surface area contributed by atoms with Gasteiger partial charge in [-0.05, 0) is 12.1 Å². The van der Waals surface area contributed by atoms with Gasteiger partial charge >= 0.3 is 0 Å². The van der Waals surface area contributed by atoms with Crippen molar-refractivity contribution < 1.29 is 8.81 Å². The van der Waals surface area contributed by atoms with Crippen LogP contribution in [0, 0.1) is 12.7 Å². The summed E-state index contributed by atoms with van der Waals surface area (Å²) in [5, 5.41) is 0.321. The van der Waals surface area contributed by atoms with Crippen molar-refractivity contribution in [2.24, 2.45) is 0 Å². The molecule has 0 atom stereocenters. The second-order valence-electron chi connectivity index (χ2n) is 2.84. The van der Waals surface area contributed by atoms with Crippen molar-refractivity contribution in [3.05, 3.63) is 41.1 Å². The van der Waals surface area contributed by atoms with E-state index in [-0.39, 0.29) is 5.56 Å². The summed E-state index contributed by atoms with van der Waals surface area (Å²) in [6.07, 6.45) is 1.46. The van der Waals surface area contributed by atoms with Gasteiger partial charge in [0, 0.05) is 6.92 Å². The minimum absolute atomic E-state index is 0.259. The quantitative estimate of drug-likeness (QED) is 0.722. The van der Waals surface area contributed by atoms with Gasteiger partial charge in [0.15, 0.2) is 11.7 Å². The zero-order chi connectivity index (χ0) is 10.1. The van der Waals surface area contributed by atoms with Gasteiger partial charge in [-0.25, -0.2) is 9.37 Å². The van der Waals surface area contributed by atoms with Crippen LogP contribution >= 0.6 is 11.6 Å². The molecule has 2 nitrogen and oxygen atoms in total. The molecule has 2 rings (SSSR count). The zero-order valence-corrected chi connectivity index (χ0v) is 8.18. The Balaban J connectivity index is 2.61. The molecule has 0 saturated heterocycles. The van der Waals surface area contributed by atoms with E-state index in [0.717, 1.165) is 0 Å². The molecule has 0 aliphatic heterocycles. The number of benzene rings is 1. The number of hydrogen-bond donors (Lipinski definition) is 0. The SMILES string of the molecule is Cc1ncc(-c2c(F)cccc2Cl)o1. The highest BCUT2D eigenvalue weighted by molar-refractivity contribution is 6.33. The van der Waals surface area contributed by atoms with Gasteiger partial charge in [0.1, 0.15) is 5.82 Å². The Hall–Kier alpha value is -1.35. The second kappa shape index (κ2) is 3.42. The van der Waals surface area contributed by atoms with Crippen LogP contribution in [0.3, 0.4) is 0 Å². The van der Waals surface area contributed by atoms with Crippen LogP contribution in [0.15, 0.2) is 28.8 Å². The van der Waals surface area contributed by atoms with E-state index in [2.05, 4.69) is 4.98 Å². The molecule has 0 amide bonds. The number of halogens is 2. The summed E-state index contributed by atoms with van der Waals surface area (Å²) in [4.78, 5) is 3.88. The molecular formula is C10H7ClFNO. The standard InChI is InChI=1S/C10H7ClFNO/c1-6-13-5-9(14-6)10-7(11)3-2-4-8(10)12/h2-5H,1H3. The Labute approximate surface area is 85.3 Å². The number of aromatic nitrogens is 1. The average molecular weight is 212 g/mol. The molecule has 0 aliphatic carbocycles. The van der Waals surface area contributed by atoms with Crippen molar-refractivity contribution in [2.75, 3.05) is 0 Å². The number of hydrogen-bond acceptors (Lipinski definition) is 2. The van der Waals surface area contributed by atoms with E-state index in [4.69, 9.17) is 16.0 Å².